The van der Waals surface area contributed by atoms with E-state index in [1.807, 2.05) is 78.9 Å². The quantitative estimate of drug-likeness (QED) is 0.490. The van der Waals surface area contributed by atoms with Crippen LogP contribution in [0.25, 0.3) is 6.08 Å². The maximum absolute atomic E-state index is 12.7. The van der Waals surface area contributed by atoms with E-state index >= 15 is 0 Å². The van der Waals surface area contributed by atoms with Gasteiger partial charge in [-0.1, -0.05) is 66.7 Å². The van der Waals surface area contributed by atoms with Crippen LogP contribution in [0.2, 0.25) is 0 Å². The van der Waals surface area contributed by atoms with E-state index in [1.165, 1.54) is 0 Å². The Kier molecular flexibility index (Phi) is 7.65. The molecule has 1 aliphatic heterocycles. The molecule has 5 nitrogen and oxygen atoms in total. The van der Waals surface area contributed by atoms with E-state index < -0.39 is 5.60 Å². The molecule has 0 spiro atoms. The molecule has 1 fully saturated rings. The van der Waals surface area contributed by atoms with Crippen molar-refractivity contribution in [3.05, 3.63) is 102 Å². The molecule has 176 valence electrons. The van der Waals surface area contributed by atoms with Crippen LogP contribution in [0.15, 0.2) is 84.9 Å². The molecule has 0 bridgehead atoms. The number of carbonyl (C=O) groups excluding carboxylic acids is 1. The zero-order valence-electron chi connectivity index (χ0n) is 19.5. The highest BCUT2D eigenvalue weighted by Crippen LogP contribution is 2.30. The van der Waals surface area contributed by atoms with Gasteiger partial charge in [0.25, 0.3) is 0 Å². The minimum atomic E-state index is -0.759. The molecule has 5 heteroatoms. The summed E-state index contributed by atoms with van der Waals surface area (Å²) in [6.45, 7) is 1.54. The molecule has 0 aliphatic carbocycles. The second-order valence-corrected chi connectivity index (χ2v) is 8.73. The highest BCUT2D eigenvalue weighted by Gasteiger charge is 2.33. The van der Waals surface area contributed by atoms with Gasteiger partial charge in [-0.25, -0.2) is 0 Å². The monoisotopic (exact) mass is 457 g/mol. The Morgan fingerprint density at radius 3 is 2.24 bits per heavy atom. The molecule has 1 aliphatic rings. The zero-order valence-corrected chi connectivity index (χ0v) is 19.5. The molecule has 4 rings (SSSR count). The van der Waals surface area contributed by atoms with Crippen LogP contribution in [0.5, 0.6) is 11.5 Å². The number of likely N-dealkylation sites (tertiary alicyclic amines) is 1. The molecule has 0 radical (unpaired) electrons. The highest BCUT2D eigenvalue weighted by atomic mass is 16.5. The minimum Gasteiger partial charge on any atom is -0.493 e. The molecular formula is C29H31NO4. The molecule has 3 aromatic rings. The van der Waals surface area contributed by atoms with Gasteiger partial charge < -0.3 is 19.5 Å². The predicted molar refractivity (Wildman–Crippen MR) is 134 cm³/mol. The van der Waals surface area contributed by atoms with Crippen LogP contribution in [0.4, 0.5) is 0 Å². The van der Waals surface area contributed by atoms with Gasteiger partial charge in [0, 0.05) is 25.6 Å². The number of nitrogens with zero attached hydrogens (tertiary/aromatic N) is 1. The van der Waals surface area contributed by atoms with Crippen LogP contribution >= 0.6 is 0 Å². The first kappa shape index (κ1) is 23.6. The van der Waals surface area contributed by atoms with Crippen molar-refractivity contribution in [2.24, 2.45) is 0 Å². The number of aliphatic hydroxyl groups is 1. The Balaban J connectivity index is 1.32. The van der Waals surface area contributed by atoms with Gasteiger partial charge in [0.1, 0.15) is 6.61 Å². The number of benzene rings is 3. The third-order valence-corrected chi connectivity index (χ3v) is 6.23. The summed E-state index contributed by atoms with van der Waals surface area (Å²) in [5.74, 6) is 1.23. The largest absolute Gasteiger partial charge is 0.493 e. The van der Waals surface area contributed by atoms with Gasteiger partial charge in [-0.05, 0) is 47.7 Å². The maximum atomic E-state index is 12.7. The second-order valence-electron chi connectivity index (χ2n) is 8.73. The molecule has 0 unspecified atom stereocenters. The summed E-state index contributed by atoms with van der Waals surface area (Å²) in [7, 11) is 1.60. The van der Waals surface area contributed by atoms with E-state index in [9.17, 15) is 9.90 Å². The summed E-state index contributed by atoms with van der Waals surface area (Å²) in [5, 5.41) is 11.0. The molecule has 0 aromatic heterocycles. The van der Waals surface area contributed by atoms with Crippen LogP contribution in [0.3, 0.4) is 0 Å². The Hall–Kier alpha value is -3.57. The van der Waals surface area contributed by atoms with Crippen molar-refractivity contribution in [1.29, 1.82) is 0 Å². The van der Waals surface area contributed by atoms with Gasteiger partial charge in [-0.3, -0.25) is 4.79 Å². The van der Waals surface area contributed by atoms with Crippen molar-refractivity contribution < 1.29 is 19.4 Å². The van der Waals surface area contributed by atoms with Crippen LogP contribution < -0.4 is 9.47 Å². The highest BCUT2D eigenvalue weighted by molar-refractivity contribution is 5.92. The minimum absolute atomic E-state index is 0.0508. The van der Waals surface area contributed by atoms with E-state index in [-0.39, 0.29) is 5.91 Å². The topological polar surface area (TPSA) is 59.0 Å². The third kappa shape index (κ3) is 6.27. The van der Waals surface area contributed by atoms with Gasteiger partial charge in [0.15, 0.2) is 11.5 Å². The lowest BCUT2D eigenvalue weighted by Gasteiger charge is -2.38. The summed E-state index contributed by atoms with van der Waals surface area (Å²) in [6.07, 6.45) is 5.13. The van der Waals surface area contributed by atoms with Crippen molar-refractivity contribution in [2.75, 3.05) is 20.2 Å². The summed E-state index contributed by atoms with van der Waals surface area (Å²) in [4.78, 5) is 14.5. The van der Waals surface area contributed by atoms with E-state index in [0.29, 0.717) is 50.5 Å². The predicted octanol–water partition coefficient (Wildman–Crippen LogP) is 4.88. The molecule has 34 heavy (non-hydrogen) atoms. The average Bonchev–Trinajstić information content (AvgIpc) is 2.87. The summed E-state index contributed by atoms with van der Waals surface area (Å²) in [6, 6.07) is 25.6. The molecule has 1 amide bonds. The molecular weight excluding hydrogens is 426 g/mol. The second kappa shape index (κ2) is 11.0. The fourth-order valence-corrected chi connectivity index (χ4v) is 4.21. The average molecular weight is 458 g/mol. The molecule has 0 saturated carbocycles. The van der Waals surface area contributed by atoms with E-state index in [2.05, 4.69) is 0 Å². The van der Waals surface area contributed by atoms with E-state index in [0.717, 1.165) is 16.7 Å². The number of methoxy groups -OCH3 is 1. The van der Waals surface area contributed by atoms with Crippen molar-refractivity contribution in [3.63, 3.8) is 0 Å². The number of carbonyl (C=O) groups is 1. The van der Waals surface area contributed by atoms with Crippen molar-refractivity contribution in [3.8, 4) is 11.5 Å². The fourth-order valence-electron chi connectivity index (χ4n) is 4.21. The van der Waals surface area contributed by atoms with Gasteiger partial charge in [0.2, 0.25) is 5.91 Å². The van der Waals surface area contributed by atoms with E-state index in [1.54, 1.807) is 24.2 Å². The SMILES string of the molecule is COc1cc(C=CC(=O)N2CCC(O)(Cc3ccccc3)CC2)ccc1OCc1ccccc1. The smallest absolute Gasteiger partial charge is 0.246 e. The van der Waals surface area contributed by atoms with Crippen LogP contribution in [-0.4, -0.2) is 41.7 Å². The number of hydrogen-bond acceptors (Lipinski definition) is 4. The number of amides is 1. The van der Waals surface area contributed by atoms with Crippen molar-refractivity contribution in [1.82, 2.24) is 4.90 Å². The molecule has 0 atom stereocenters. The number of piperidine rings is 1. The lowest BCUT2D eigenvalue weighted by atomic mass is 9.85. The molecule has 1 heterocycles. The Labute approximate surface area is 201 Å². The van der Waals surface area contributed by atoms with Crippen molar-refractivity contribution >= 4 is 12.0 Å². The number of rotatable bonds is 8. The van der Waals surface area contributed by atoms with Gasteiger partial charge in [-0.15, -0.1) is 0 Å². The Bertz CT molecular complexity index is 1100. The van der Waals surface area contributed by atoms with E-state index in [4.69, 9.17) is 9.47 Å². The first-order valence-electron chi connectivity index (χ1n) is 11.6. The van der Waals surface area contributed by atoms with Gasteiger partial charge in [-0.2, -0.15) is 0 Å². The van der Waals surface area contributed by atoms with Gasteiger partial charge >= 0.3 is 0 Å². The summed E-state index contributed by atoms with van der Waals surface area (Å²) in [5.41, 5.74) is 2.30. The third-order valence-electron chi connectivity index (χ3n) is 6.23. The maximum Gasteiger partial charge on any atom is 0.246 e. The van der Waals surface area contributed by atoms with Crippen molar-refractivity contribution in [2.45, 2.75) is 31.5 Å². The molecule has 1 N–H and O–H groups in total. The molecule has 3 aromatic carbocycles. The van der Waals surface area contributed by atoms with Crippen LogP contribution in [0.1, 0.15) is 29.5 Å². The fraction of sp³-hybridized carbons (Fsp3) is 0.276. The van der Waals surface area contributed by atoms with Crippen LogP contribution in [-0.2, 0) is 17.8 Å². The zero-order chi connectivity index (χ0) is 23.8. The standard InChI is InChI=1S/C29H31NO4/c1-33-27-20-23(12-14-26(27)34-22-25-10-6-3-7-11-25)13-15-28(31)30-18-16-29(32,17-19-30)21-24-8-4-2-5-9-24/h2-15,20,32H,16-19,21-22H2,1H3. The number of hydrogen-bond donors (Lipinski definition) is 1. The van der Waals surface area contributed by atoms with Crippen LogP contribution in [0, 0.1) is 0 Å². The number of ether oxygens (including phenoxy) is 2. The lowest BCUT2D eigenvalue weighted by Crippen LogP contribution is -2.47. The lowest BCUT2D eigenvalue weighted by molar-refractivity contribution is -0.130. The normalized spacial score (nSPS) is 15.3. The summed E-state index contributed by atoms with van der Waals surface area (Å²) >= 11 is 0. The molecule has 1 saturated heterocycles. The first-order valence-corrected chi connectivity index (χ1v) is 11.6. The Morgan fingerprint density at radius 2 is 1.59 bits per heavy atom. The summed E-state index contributed by atoms with van der Waals surface area (Å²) < 4.78 is 11.4. The Morgan fingerprint density at radius 1 is 0.941 bits per heavy atom. The van der Waals surface area contributed by atoms with Gasteiger partial charge in [0.05, 0.1) is 12.7 Å². The first-order chi connectivity index (χ1) is 16.5.